The van der Waals surface area contributed by atoms with Gasteiger partial charge in [0.25, 0.3) is 0 Å². The monoisotopic (exact) mass is 292 g/mol. The van der Waals surface area contributed by atoms with Gasteiger partial charge in [-0.15, -0.1) is 0 Å². The second-order valence-corrected chi connectivity index (χ2v) is 7.24. The molecule has 0 aliphatic rings. The van der Waals surface area contributed by atoms with Crippen LogP contribution in [0.1, 0.15) is 60.7 Å². The minimum absolute atomic E-state index is 0.0516. The van der Waals surface area contributed by atoms with Gasteiger partial charge in [0.2, 0.25) is 0 Å². The highest BCUT2D eigenvalue weighted by atomic mass is 15.1. The molecular weight excluding hydrogens is 260 g/mol. The van der Waals surface area contributed by atoms with Crippen LogP contribution in [0.25, 0.3) is 0 Å². The summed E-state index contributed by atoms with van der Waals surface area (Å²) in [5.41, 5.74) is -0.0516. The molecule has 1 aromatic rings. The number of nitrogens with zero attached hydrogens (tertiary/aromatic N) is 2. The lowest BCUT2D eigenvalue weighted by Crippen LogP contribution is -2.21. The van der Waals surface area contributed by atoms with Gasteiger partial charge < -0.3 is 10.6 Å². The molecule has 4 heteroatoms. The molecule has 0 saturated carbocycles. The first-order valence-corrected chi connectivity index (χ1v) is 8.11. The molecule has 0 radical (unpaired) electrons. The number of hydrogen-bond acceptors (Lipinski definition) is 4. The van der Waals surface area contributed by atoms with Crippen LogP contribution in [-0.2, 0) is 5.41 Å². The minimum Gasteiger partial charge on any atom is -0.370 e. The Morgan fingerprint density at radius 2 is 1.62 bits per heavy atom. The van der Waals surface area contributed by atoms with Gasteiger partial charge in [0.05, 0.1) is 0 Å². The van der Waals surface area contributed by atoms with E-state index in [-0.39, 0.29) is 5.41 Å². The van der Waals surface area contributed by atoms with Crippen LogP contribution < -0.4 is 10.6 Å². The lowest BCUT2D eigenvalue weighted by atomic mass is 9.95. The molecule has 0 spiro atoms. The van der Waals surface area contributed by atoms with Crippen molar-refractivity contribution in [2.75, 3.05) is 23.7 Å². The molecule has 21 heavy (non-hydrogen) atoms. The summed E-state index contributed by atoms with van der Waals surface area (Å²) in [6.07, 6.45) is 1.09. The molecule has 0 aromatic carbocycles. The second kappa shape index (κ2) is 7.62. The van der Waals surface area contributed by atoms with Crippen LogP contribution in [0.5, 0.6) is 0 Å². The Kier molecular flexibility index (Phi) is 6.43. The first kappa shape index (κ1) is 17.7. The zero-order chi connectivity index (χ0) is 16.0. The second-order valence-electron chi connectivity index (χ2n) is 7.24. The van der Waals surface area contributed by atoms with Gasteiger partial charge in [0.1, 0.15) is 17.5 Å². The van der Waals surface area contributed by atoms with E-state index in [2.05, 4.69) is 69.1 Å². The molecule has 0 fully saturated rings. The average molecular weight is 292 g/mol. The lowest BCUT2D eigenvalue weighted by Gasteiger charge is -2.21. The number of rotatable bonds is 7. The van der Waals surface area contributed by atoms with Crippen LogP contribution in [0, 0.1) is 11.8 Å². The van der Waals surface area contributed by atoms with Gasteiger partial charge in [0.15, 0.2) is 0 Å². The lowest BCUT2D eigenvalue weighted by molar-refractivity contribution is 0.439. The molecule has 0 saturated heterocycles. The van der Waals surface area contributed by atoms with Gasteiger partial charge in [-0.1, -0.05) is 48.5 Å². The highest BCUT2D eigenvalue weighted by Gasteiger charge is 2.19. The zero-order valence-electron chi connectivity index (χ0n) is 14.7. The largest absolute Gasteiger partial charge is 0.370 e. The number of nitrogens with one attached hydrogen (secondary N) is 2. The maximum absolute atomic E-state index is 4.68. The van der Waals surface area contributed by atoms with E-state index in [0.717, 1.165) is 37.0 Å². The molecule has 0 amide bonds. The molecular formula is C17H32N4. The predicted molar refractivity (Wildman–Crippen MR) is 92.0 cm³/mol. The Morgan fingerprint density at radius 1 is 1.05 bits per heavy atom. The van der Waals surface area contributed by atoms with E-state index in [1.165, 1.54) is 0 Å². The molecule has 1 heterocycles. The van der Waals surface area contributed by atoms with Crippen LogP contribution in [0.15, 0.2) is 6.07 Å². The minimum atomic E-state index is -0.0516. The Morgan fingerprint density at radius 3 is 2.10 bits per heavy atom. The van der Waals surface area contributed by atoms with E-state index >= 15 is 0 Å². The maximum Gasteiger partial charge on any atom is 0.138 e. The van der Waals surface area contributed by atoms with Crippen molar-refractivity contribution in [3.63, 3.8) is 0 Å². The highest BCUT2D eigenvalue weighted by molar-refractivity contribution is 5.48. The van der Waals surface area contributed by atoms with Crippen LogP contribution in [-0.4, -0.2) is 23.1 Å². The van der Waals surface area contributed by atoms with Gasteiger partial charge in [0, 0.05) is 24.6 Å². The van der Waals surface area contributed by atoms with Crippen molar-refractivity contribution < 1.29 is 0 Å². The Balaban J connectivity index is 2.91. The van der Waals surface area contributed by atoms with Crippen molar-refractivity contribution in [3.8, 4) is 0 Å². The molecule has 0 aliphatic carbocycles. The Labute approximate surface area is 130 Å². The molecule has 120 valence electrons. The van der Waals surface area contributed by atoms with Gasteiger partial charge in [-0.3, -0.25) is 0 Å². The Bertz CT molecular complexity index is 435. The standard InChI is InChI=1S/C17H32N4/c1-8-9-18-14-10-15(19-11-13(4)12(2)3)21-16(20-14)17(5,6)7/h10,12-13H,8-9,11H2,1-7H3,(H2,18,19,20,21). The Hall–Kier alpha value is -1.32. The number of anilines is 2. The van der Waals surface area contributed by atoms with E-state index in [0.29, 0.717) is 11.8 Å². The smallest absolute Gasteiger partial charge is 0.138 e. The fourth-order valence-electron chi connectivity index (χ4n) is 1.72. The first-order chi connectivity index (χ1) is 9.74. The fourth-order valence-corrected chi connectivity index (χ4v) is 1.72. The SMILES string of the molecule is CCCNc1cc(NCC(C)C(C)C)nc(C(C)(C)C)n1. The summed E-state index contributed by atoms with van der Waals surface area (Å²) in [5.74, 6) is 3.99. The average Bonchev–Trinajstić information content (AvgIpc) is 2.41. The van der Waals surface area contributed by atoms with Crippen LogP contribution in [0.3, 0.4) is 0 Å². The summed E-state index contributed by atoms with van der Waals surface area (Å²) in [6.45, 7) is 17.2. The van der Waals surface area contributed by atoms with E-state index in [1.807, 2.05) is 6.07 Å². The molecule has 1 aromatic heterocycles. The summed E-state index contributed by atoms with van der Waals surface area (Å²) in [7, 11) is 0. The van der Waals surface area contributed by atoms with Gasteiger partial charge in [-0.05, 0) is 18.3 Å². The third kappa shape index (κ3) is 5.90. The highest BCUT2D eigenvalue weighted by Crippen LogP contribution is 2.22. The number of hydrogen-bond donors (Lipinski definition) is 2. The summed E-state index contributed by atoms with van der Waals surface area (Å²) in [6, 6.07) is 2.01. The van der Waals surface area contributed by atoms with Crippen molar-refractivity contribution in [3.05, 3.63) is 11.9 Å². The van der Waals surface area contributed by atoms with E-state index in [1.54, 1.807) is 0 Å². The summed E-state index contributed by atoms with van der Waals surface area (Å²) in [5, 5.41) is 6.83. The summed E-state index contributed by atoms with van der Waals surface area (Å²) in [4.78, 5) is 9.32. The van der Waals surface area contributed by atoms with Crippen LogP contribution >= 0.6 is 0 Å². The van der Waals surface area contributed by atoms with Crippen molar-refractivity contribution in [2.24, 2.45) is 11.8 Å². The first-order valence-electron chi connectivity index (χ1n) is 8.11. The quantitative estimate of drug-likeness (QED) is 0.786. The van der Waals surface area contributed by atoms with E-state index in [9.17, 15) is 0 Å². The predicted octanol–water partition coefficient (Wildman–Crippen LogP) is 4.30. The molecule has 1 rings (SSSR count). The molecule has 1 unspecified atom stereocenters. The van der Waals surface area contributed by atoms with Crippen molar-refractivity contribution >= 4 is 11.6 Å². The van der Waals surface area contributed by atoms with Crippen molar-refractivity contribution in [2.45, 2.75) is 60.3 Å². The van der Waals surface area contributed by atoms with Crippen LogP contribution in [0.4, 0.5) is 11.6 Å². The van der Waals surface area contributed by atoms with Gasteiger partial charge in [-0.2, -0.15) is 0 Å². The van der Waals surface area contributed by atoms with E-state index in [4.69, 9.17) is 0 Å². The van der Waals surface area contributed by atoms with Crippen LogP contribution in [0.2, 0.25) is 0 Å². The summed E-state index contributed by atoms with van der Waals surface area (Å²) < 4.78 is 0. The molecule has 0 bridgehead atoms. The molecule has 4 nitrogen and oxygen atoms in total. The number of aromatic nitrogens is 2. The molecule has 2 N–H and O–H groups in total. The third-order valence-electron chi connectivity index (χ3n) is 3.70. The van der Waals surface area contributed by atoms with E-state index < -0.39 is 0 Å². The van der Waals surface area contributed by atoms with Crippen molar-refractivity contribution in [1.82, 2.24) is 9.97 Å². The molecule has 1 atom stereocenters. The third-order valence-corrected chi connectivity index (χ3v) is 3.70. The maximum atomic E-state index is 4.68. The van der Waals surface area contributed by atoms with Gasteiger partial charge in [-0.25, -0.2) is 9.97 Å². The van der Waals surface area contributed by atoms with Crippen molar-refractivity contribution in [1.29, 1.82) is 0 Å². The zero-order valence-corrected chi connectivity index (χ0v) is 14.7. The normalized spacial score (nSPS) is 13.3. The summed E-state index contributed by atoms with van der Waals surface area (Å²) >= 11 is 0. The molecule has 0 aliphatic heterocycles. The van der Waals surface area contributed by atoms with Gasteiger partial charge >= 0.3 is 0 Å². The fraction of sp³-hybridized carbons (Fsp3) is 0.765. The topological polar surface area (TPSA) is 49.8 Å².